The van der Waals surface area contributed by atoms with Crippen molar-refractivity contribution in [2.45, 2.75) is 88.4 Å². The van der Waals surface area contributed by atoms with Gasteiger partial charge in [0.1, 0.15) is 11.2 Å². The van der Waals surface area contributed by atoms with Crippen molar-refractivity contribution in [2.75, 3.05) is 5.32 Å². The fourth-order valence-electron chi connectivity index (χ4n) is 6.68. The molecule has 3 aliphatic rings. The third kappa shape index (κ3) is 4.83. The second-order valence-electron chi connectivity index (χ2n) is 12.2. The van der Waals surface area contributed by atoms with E-state index in [2.05, 4.69) is 16.0 Å². The van der Waals surface area contributed by atoms with Gasteiger partial charge in [0.15, 0.2) is 11.6 Å². The van der Waals surface area contributed by atoms with Gasteiger partial charge in [0.05, 0.1) is 17.2 Å². The van der Waals surface area contributed by atoms with E-state index in [9.17, 15) is 23.5 Å². The lowest BCUT2D eigenvalue weighted by molar-refractivity contribution is -0.124. The molecule has 0 radical (unpaired) electrons. The van der Waals surface area contributed by atoms with Crippen molar-refractivity contribution in [2.24, 2.45) is 5.41 Å². The molecule has 1 spiro atoms. The number of hydrogen-bond donors (Lipinski definition) is 4. The number of nitrogens with one attached hydrogen (secondary N) is 3. The molecule has 1 saturated heterocycles. The van der Waals surface area contributed by atoms with Crippen LogP contribution in [0.4, 0.5) is 18.9 Å². The molecule has 0 unspecified atom stereocenters. The van der Waals surface area contributed by atoms with Crippen molar-refractivity contribution in [3.05, 3.63) is 63.9 Å². The number of halogens is 4. The molecule has 10 heteroatoms. The highest BCUT2D eigenvalue weighted by atomic mass is 35.5. The van der Waals surface area contributed by atoms with Gasteiger partial charge >= 0.3 is 0 Å². The molecule has 1 aliphatic carbocycles. The Kier molecular flexibility index (Phi) is 7.23. The van der Waals surface area contributed by atoms with Crippen molar-refractivity contribution in [3.63, 3.8) is 0 Å². The number of anilines is 1. The normalized spacial score (nSPS) is 30.4. The molecule has 5 rings (SSSR count). The molecular weight excluding hydrogens is 531 g/mol. The topological polar surface area (TPSA) is 90.5 Å². The van der Waals surface area contributed by atoms with Crippen LogP contribution < -0.4 is 16.0 Å². The number of aliphatic hydroxyl groups is 1. The summed E-state index contributed by atoms with van der Waals surface area (Å²) in [6, 6.07) is 4.32. The van der Waals surface area contributed by atoms with E-state index >= 15 is 4.39 Å². The minimum absolute atomic E-state index is 0.0401. The van der Waals surface area contributed by atoms with E-state index in [4.69, 9.17) is 11.6 Å². The lowest BCUT2D eigenvalue weighted by Gasteiger charge is -2.38. The van der Waals surface area contributed by atoms with Crippen LogP contribution >= 0.6 is 11.6 Å². The lowest BCUT2D eigenvalue weighted by Crippen LogP contribution is -2.50. The van der Waals surface area contributed by atoms with E-state index < -0.39 is 58.8 Å². The zero-order valence-corrected chi connectivity index (χ0v) is 22.8. The third-order valence-electron chi connectivity index (χ3n) is 8.34. The molecular formula is C29H33ClF3N3O3. The van der Waals surface area contributed by atoms with E-state index in [0.29, 0.717) is 32.1 Å². The van der Waals surface area contributed by atoms with Gasteiger partial charge < -0.3 is 21.1 Å². The van der Waals surface area contributed by atoms with E-state index in [1.807, 2.05) is 20.8 Å². The second-order valence-corrected chi connectivity index (χ2v) is 12.6. The van der Waals surface area contributed by atoms with E-state index in [0.717, 1.165) is 12.1 Å². The van der Waals surface area contributed by atoms with Crippen LogP contribution in [0.15, 0.2) is 30.3 Å². The number of hydrogen-bond acceptors (Lipinski definition) is 4. The minimum Gasteiger partial charge on any atom is -0.393 e. The van der Waals surface area contributed by atoms with Crippen LogP contribution in [-0.4, -0.2) is 41.2 Å². The van der Waals surface area contributed by atoms with Gasteiger partial charge in [-0.2, -0.15) is 0 Å². The molecule has 4 atom stereocenters. The zero-order chi connectivity index (χ0) is 28.3. The summed E-state index contributed by atoms with van der Waals surface area (Å²) in [4.78, 5) is 27.9. The van der Waals surface area contributed by atoms with Crippen LogP contribution in [0.3, 0.4) is 0 Å². The van der Waals surface area contributed by atoms with Crippen molar-refractivity contribution in [1.82, 2.24) is 10.6 Å². The third-order valence-corrected chi connectivity index (χ3v) is 8.63. The van der Waals surface area contributed by atoms with Gasteiger partial charge in [0, 0.05) is 29.8 Å². The Morgan fingerprint density at radius 3 is 2.46 bits per heavy atom. The molecule has 2 aromatic carbocycles. The Morgan fingerprint density at radius 2 is 1.79 bits per heavy atom. The first-order chi connectivity index (χ1) is 18.3. The fourth-order valence-corrected chi connectivity index (χ4v) is 6.86. The Morgan fingerprint density at radius 1 is 1.13 bits per heavy atom. The predicted molar refractivity (Wildman–Crippen MR) is 142 cm³/mol. The molecule has 2 fully saturated rings. The first-order valence-corrected chi connectivity index (χ1v) is 13.7. The van der Waals surface area contributed by atoms with Crippen LogP contribution in [0.2, 0.25) is 5.02 Å². The molecule has 6 nitrogen and oxygen atoms in total. The summed E-state index contributed by atoms with van der Waals surface area (Å²) in [7, 11) is 0. The summed E-state index contributed by atoms with van der Waals surface area (Å²) < 4.78 is 44.8. The van der Waals surface area contributed by atoms with Gasteiger partial charge in [-0.25, -0.2) is 13.2 Å². The van der Waals surface area contributed by atoms with Crippen molar-refractivity contribution < 1.29 is 27.9 Å². The lowest BCUT2D eigenvalue weighted by atomic mass is 9.62. The summed E-state index contributed by atoms with van der Waals surface area (Å²) in [5.41, 5.74) is -1.68. The number of amides is 2. The number of carbonyl (C=O) groups excluding carboxylic acids is 2. The number of fused-ring (bicyclic) bond motifs is 2. The quantitative estimate of drug-likeness (QED) is 0.425. The zero-order valence-electron chi connectivity index (χ0n) is 22.1. The van der Waals surface area contributed by atoms with Crippen molar-refractivity contribution in [1.29, 1.82) is 0 Å². The van der Waals surface area contributed by atoms with Gasteiger partial charge in [-0.05, 0) is 60.8 Å². The Balaban J connectivity index is 1.69. The summed E-state index contributed by atoms with van der Waals surface area (Å²) in [5.74, 6) is -5.15. The average Bonchev–Trinajstić information content (AvgIpc) is 3.32. The number of rotatable bonds is 4. The molecule has 4 N–H and O–H groups in total. The standard InChI is InChI=1S/C29H33ClF3N3O3/c1-28(2,3)13-22-29(17-11-19(31)20(32)12-21(17)35-27(29)39)23(16-5-4-6-18(30)24(16)33)25(36-22)26(38)34-14-7-9-15(37)10-8-14/h4-6,11-12,14-15,22-23,25,36-37H,7-10,13H2,1-3H3,(H,34,38)(H,35,39)/t14-,15-,22-,23+,25-,29+/m1/s1. The predicted octanol–water partition coefficient (Wildman–Crippen LogP) is 4.93. The van der Waals surface area contributed by atoms with E-state index in [1.54, 1.807) is 6.07 Å². The molecule has 2 aromatic rings. The summed E-state index contributed by atoms with van der Waals surface area (Å²) in [5, 5.41) is 18.8. The first-order valence-electron chi connectivity index (χ1n) is 13.3. The molecule has 210 valence electrons. The summed E-state index contributed by atoms with van der Waals surface area (Å²) in [6.45, 7) is 5.91. The maximum Gasteiger partial charge on any atom is 0.238 e. The van der Waals surface area contributed by atoms with Crippen LogP contribution in [0.5, 0.6) is 0 Å². The van der Waals surface area contributed by atoms with Gasteiger partial charge in [-0.1, -0.05) is 44.5 Å². The van der Waals surface area contributed by atoms with Crippen LogP contribution in [0, 0.1) is 22.9 Å². The SMILES string of the molecule is CC(C)(C)C[C@H]1N[C@@H](C(=O)N[C@H]2CC[C@H](O)CC2)[C@H](c2cccc(Cl)c2F)[C@@]12C(=O)Nc1cc(F)c(F)cc12. The summed E-state index contributed by atoms with van der Waals surface area (Å²) in [6.07, 6.45) is 2.22. The molecule has 39 heavy (non-hydrogen) atoms. The maximum atomic E-state index is 15.8. The van der Waals surface area contributed by atoms with Crippen molar-refractivity contribution >= 4 is 29.1 Å². The largest absolute Gasteiger partial charge is 0.393 e. The Bertz CT molecular complexity index is 1310. The number of benzene rings is 2. The average molecular weight is 564 g/mol. The monoisotopic (exact) mass is 563 g/mol. The number of aliphatic hydroxyl groups excluding tert-OH is 1. The highest BCUT2D eigenvalue weighted by Gasteiger charge is 2.66. The smallest absolute Gasteiger partial charge is 0.238 e. The van der Waals surface area contributed by atoms with Gasteiger partial charge in [-0.15, -0.1) is 0 Å². The highest BCUT2D eigenvalue weighted by Crippen LogP contribution is 2.57. The molecule has 2 aliphatic heterocycles. The van der Waals surface area contributed by atoms with Gasteiger partial charge in [0.25, 0.3) is 0 Å². The Labute approximate surface area is 230 Å². The molecule has 0 aromatic heterocycles. The number of carbonyl (C=O) groups is 2. The molecule has 2 amide bonds. The summed E-state index contributed by atoms with van der Waals surface area (Å²) >= 11 is 6.18. The minimum atomic E-state index is -1.63. The maximum absolute atomic E-state index is 15.8. The van der Waals surface area contributed by atoms with E-state index in [1.165, 1.54) is 12.1 Å². The van der Waals surface area contributed by atoms with Crippen molar-refractivity contribution in [3.8, 4) is 0 Å². The molecule has 0 bridgehead atoms. The molecule has 1 saturated carbocycles. The van der Waals surface area contributed by atoms with Gasteiger partial charge in [-0.3, -0.25) is 9.59 Å². The van der Waals surface area contributed by atoms with Crippen LogP contribution in [0.1, 0.15) is 69.9 Å². The highest BCUT2D eigenvalue weighted by molar-refractivity contribution is 6.30. The Hall–Kier alpha value is -2.62. The van der Waals surface area contributed by atoms with Gasteiger partial charge in [0.2, 0.25) is 11.8 Å². The van der Waals surface area contributed by atoms with E-state index in [-0.39, 0.29) is 33.3 Å². The fraction of sp³-hybridized carbons (Fsp3) is 0.517. The van der Waals surface area contributed by atoms with Crippen LogP contribution in [-0.2, 0) is 15.0 Å². The van der Waals surface area contributed by atoms with Crippen LogP contribution in [0.25, 0.3) is 0 Å². The first kappa shape index (κ1) is 27.9. The molecule has 2 heterocycles. The second kappa shape index (κ2) is 10.1.